The first-order valence-corrected chi connectivity index (χ1v) is 9.50. The maximum atomic E-state index is 6.17. The molecule has 1 atom stereocenters. The van der Waals surface area contributed by atoms with Gasteiger partial charge in [0, 0.05) is 50.4 Å². The van der Waals surface area contributed by atoms with Crippen LogP contribution < -0.4 is 9.47 Å². The van der Waals surface area contributed by atoms with Gasteiger partial charge in [-0.2, -0.15) is 0 Å². The van der Waals surface area contributed by atoms with E-state index in [1.165, 1.54) is 0 Å². The standard InChI is InChI=1S/C20H26N4O3/c1-25-18-17(4-2-7-21-18)13-24-14-20(15-24)12-16(6-11-27-20)5-10-26-19-22-8-3-9-23-19/h2-4,7-9,16H,5-6,10-15H2,1H3/t16-/m1/s1. The van der Waals surface area contributed by atoms with Gasteiger partial charge in [0.05, 0.1) is 19.3 Å². The Labute approximate surface area is 159 Å². The third-order valence-electron chi connectivity index (χ3n) is 5.36. The van der Waals surface area contributed by atoms with Crippen molar-refractivity contribution in [2.45, 2.75) is 31.4 Å². The highest BCUT2D eigenvalue weighted by Crippen LogP contribution is 2.39. The lowest BCUT2D eigenvalue weighted by molar-refractivity contribution is -0.182. The first-order chi connectivity index (χ1) is 13.3. The second kappa shape index (κ2) is 8.19. The van der Waals surface area contributed by atoms with Crippen LogP contribution in [0.25, 0.3) is 0 Å². The summed E-state index contributed by atoms with van der Waals surface area (Å²) in [6.07, 6.45) is 8.36. The van der Waals surface area contributed by atoms with Crippen LogP contribution in [0.5, 0.6) is 11.9 Å². The number of methoxy groups -OCH3 is 1. The van der Waals surface area contributed by atoms with Crippen LogP contribution in [0.2, 0.25) is 0 Å². The zero-order chi connectivity index (χ0) is 18.5. The number of likely N-dealkylation sites (tertiary alicyclic amines) is 1. The molecule has 2 fully saturated rings. The maximum absolute atomic E-state index is 6.17. The first-order valence-electron chi connectivity index (χ1n) is 9.50. The smallest absolute Gasteiger partial charge is 0.316 e. The molecule has 1 spiro atoms. The molecule has 0 N–H and O–H groups in total. The predicted molar refractivity (Wildman–Crippen MR) is 99.6 cm³/mol. The Bertz CT molecular complexity index is 737. The second-order valence-corrected chi connectivity index (χ2v) is 7.38. The van der Waals surface area contributed by atoms with Crippen LogP contribution in [0.15, 0.2) is 36.8 Å². The molecule has 144 valence electrons. The lowest BCUT2D eigenvalue weighted by Gasteiger charge is -2.53. The molecule has 7 heteroatoms. The summed E-state index contributed by atoms with van der Waals surface area (Å²) >= 11 is 0. The van der Waals surface area contributed by atoms with Gasteiger partial charge in [0.2, 0.25) is 5.88 Å². The van der Waals surface area contributed by atoms with Crippen molar-refractivity contribution in [2.75, 3.05) is 33.4 Å². The normalized spacial score (nSPS) is 21.6. The summed E-state index contributed by atoms with van der Waals surface area (Å²) in [4.78, 5) is 14.9. The van der Waals surface area contributed by atoms with Gasteiger partial charge in [0.25, 0.3) is 0 Å². The van der Waals surface area contributed by atoms with Crippen LogP contribution in [0.3, 0.4) is 0 Å². The highest BCUT2D eigenvalue weighted by atomic mass is 16.5. The number of nitrogens with zero attached hydrogens (tertiary/aromatic N) is 4. The van der Waals surface area contributed by atoms with Crippen LogP contribution in [0.1, 0.15) is 24.8 Å². The Balaban J connectivity index is 1.24. The van der Waals surface area contributed by atoms with Crippen molar-refractivity contribution in [3.63, 3.8) is 0 Å². The SMILES string of the molecule is COc1ncccc1CN1CC2(C[C@H](CCOc3ncccn3)CCO2)C1. The molecule has 0 aromatic carbocycles. The predicted octanol–water partition coefficient (Wildman–Crippen LogP) is 2.33. The molecule has 27 heavy (non-hydrogen) atoms. The first kappa shape index (κ1) is 18.1. The van der Waals surface area contributed by atoms with E-state index in [9.17, 15) is 0 Å². The van der Waals surface area contributed by atoms with Crippen molar-refractivity contribution in [1.82, 2.24) is 19.9 Å². The van der Waals surface area contributed by atoms with E-state index in [4.69, 9.17) is 14.2 Å². The van der Waals surface area contributed by atoms with Crippen molar-refractivity contribution in [3.05, 3.63) is 42.4 Å². The topological polar surface area (TPSA) is 69.6 Å². The number of ether oxygens (including phenoxy) is 3. The number of aromatic nitrogens is 3. The molecule has 2 aliphatic rings. The number of hydrogen-bond donors (Lipinski definition) is 0. The van der Waals surface area contributed by atoms with Gasteiger partial charge in [-0.3, -0.25) is 4.90 Å². The zero-order valence-electron chi connectivity index (χ0n) is 15.7. The van der Waals surface area contributed by atoms with E-state index < -0.39 is 0 Å². The molecule has 0 radical (unpaired) electrons. The van der Waals surface area contributed by atoms with E-state index in [-0.39, 0.29) is 5.60 Å². The van der Waals surface area contributed by atoms with Crippen LogP contribution in [0, 0.1) is 5.92 Å². The molecule has 0 unspecified atom stereocenters. The molecule has 4 rings (SSSR count). The molecule has 2 aromatic heterocycles. The van der Waals surface area contributed by atoms with Gasteiger partial charge < -0.3 is 14.2 Å². The molecular weight excluding hydrogens is 344 g/mol. The summed E-state index contributed by atoms with van der Waals surface area (Å²) in [6.45, 7) is 4.26. The minimum Gasteiger partial charge on any atom is -0.481 e. The number of rotatable bonds is 7. The van der Waals surface area contributed by atoms with E-state index in [1.807, 2.05) is 6.07 Å². The number of pyridine rings is 1. The summed E-state index contributed by atoms with van der Waals surface area (Å²) in [5, 5.41) is 0. The van der Waals surface area contributed by atoms with Gasteiger partial charge in [0.1, 0.15) is 0 Å². The Kier molecular flexibility index (Phi) is 5.50. The molecule has 4 heterocycles. The quantitative estimate of drug-likeness (QED) is 0.741. The van der Waals surface area contributed by atoms with Gasteiger partial charge in [-0.1, -0.05) is 6.07 Å². The van der Waals surface area contributed by atoms with E-state index >= 15 is 0 Å². The molecule has 0 aliphatic carbocycles. The Hall–Kier alpha value is -2.25. The average Bonchev–Trinajstić information content (AvgIpc) is 2.68. The van der Waals surface area contributed by atoms with Crippen molar-refractivity contribution >= 4 is 0 Å². The average molecular weight is 370 g/mol. The van der Waals surface area contributed by atoms with Crippen LogP contribution in [-0.4, -0.2) is 58.9 Å². The van der Waals surface area contributed by atoms with Crippen molar-refractivity contribution < 1.29 is 14.2 Å². The van der Waals surface area contributed by atoms with E-state index in [0.29, 0.717) is 24.4 Å². The van der Waals surface area contributed by atoms with Gasteiger partial charge in [-0.05, 0) is 37.3 Å². The molecule has 2 saturated heterocycles. The van der Waals surface area contributed by atoms with Crippen LogP contribution >= 0.6 is 0 Å². The van der Waals surface area contributed by atoms with Gasteiger partial charge >= 0.3 is 6.01 Å². The Morgan fingerprint density at radius 2 is 2.00 bits per heavy atom. The van der Waals surface area contributed by atoms with Gasteiger partial charge in [0.15, 0.2) is 0 Å². The lowest BCUT2D eigenvalue weighted by atomic mass is 9.79. The minimum atomic E-state index is 0.00159. The molecule has 7 nitrogen and oxygen atoms in total. The third kappa shape index (κ3) is 4.36. The summed E-state index contributed by atoms with van der Waals surface area (Å²) in [5.74, 6) is 1.33. The lowest BCUT2D eigenvalue weighted by Crippen LogP contribution is -2.64. The largest absolute Gasteiger partial charge is 0.481 e. The van der Waals surface area contributed by atoms with Crippen LogP contribution in [0.4, 0.5) is 0 Å². The summed E-state index contributed by atoms with van der Waals surface area (Å²) in [5.41, 5.74) is 1.13. The highest BCUT2D eigenvalue weighted by molar-refractivity contribution is 5.25. The highest BCUT2D eigenvalue weighted by Gasteiger charge is 2.47. The molecule has 0 saturated carbocycles. The Morgan fingerprint density at radius 3 is 2.81 bits per heavy atom. The molecule has 0 amide bonds. The second-order valence-electron chi connectivity index (χ2n) is 7.38. The fourth-order valence-electron chi connectivity index (χ4n) is 4.12. The fourth-order valence-corrected chi connectivity index (χ4v) is 4.12. The van der Waals surface area contributed by atoms with Crippen molar-refractivity contribution in [3.8, 4) is 11.9 Å². The summed E-state index contributed by atoms with van der Waals surface area (Å²) < 4.78 is 17.2. The summed E-state index contributed by atoms with van der Waals surface area (Å²) in [6, 6.07) is 6.28. The van der Waals surface area contributed by atoms with E-state index in [2.05, 4.69) is 25.9 Å². The zero-order valence-corrected chi connectivity index (χ0v) is 15.7. The molecular formula is C20H26N4O3. The monoisotopic (exact) mass is 370 g/mol. The third-order valence-corrected chi connectivity index (χ3v) is 5.36. The van der Waals surface area contributed by atoms with Crippen molar-refractivity contribution in [1.29, 1.82) is 0 Å². The van der Waals surface area contributed by atoms with Crippen LogP contribution in [-0.2, 0) is 11.3 Å². The maximum Gasteiger partial charge on any atom is 0.316 e. The molecule has 2 aromatic rings. The fraction of sp³-hybridized carbons (Fsp3) is 0.550. The summed E-state index contributed by atoms with van der Waals surface area (Å²) in [7, 11) is 1.67. The molecule has 0 bridgehead atoms. The van der Waals surface area contributed by atoms with Crippen molar-refractivity contribution in [2.24, 2.45) is 5.92 Å². The molecule has 2 aliphatic heterocycles. The van der Waals surface area contributed by atoms with Gasteiger partial charge in [-0.25, -0.2) is 15.0 Å². The number of hydrogen-bond acceptors (Lipinski definition) is 7. The van der Waals surface area contributed by atoms with E-state index in [0.717, 1.165) is 51.1 Å². The minimum absolute atomic E-state index is 0.00159. The van der Waals surface area contributed by atoms with Gasteiger partial charge in [-0.15, -0.1) is 0 Å². The Morgan fingerprint density at radius 1 is 1.19 bits per heavy atom. The van der Waals surface area contributed by atoms with E-state index in [1.54, 1.807) is 31.8 Å².